The minimum absolute atomic E-state index is 0. The fraction of sp³-hybridized carbons (Fsp3) is 0.429. The van der Waals surface area contributed by atoms with Gasteiger partial charge in [0.05, 0.1) is 13.2 Å². The number of nitrogens with zero attached hydrogens (tertiary/aromatic N) is 1. The Morgan fingerprint density at radius 1 is 1.21 bits per heavy atom. The predicted octanol–water partition coefficient (Wildman–Crippen LogP) is 2.47. The van der Waals surface area contributed by atoms with E-state index in [2.05, 4.69) is 10.3 Å². The first-order valence-corrected chi connectivity index (χ1v) is 9.58. The van der Waals surface area contributed by atoms with Crippen LogP contribution in [-0.2, 0) is 12.8 Å². The average Bonchev–Trinajstić information content (AvgIpc) is 2.72. The molecule has 6 nitrogen and oxygen atoms in total. The van der Waals surface area contributed by atoms with Gasteiger partial charge in [0.15, 0.2) is 0 Å². The first-order chi connectivity index (χ1) is 13.2. The van der Waals surface area contributed by atoms with E-state index in [1.807, 2.05) is 30.3 Å². The van der Waals surface area contributed by atoms with Crippen molar-refractivity contribution in [2.45, 2.75) is 31.7 Å². The summed E-state index contributed by atoms with van der Waals surface area (Å²) in [6.45, 7) is 1.90. The van der Waals surface area contributed by atoms with Gasteiger partial charge in [0, 0.05) is 30.9 Å². The lowest BCUT2D eigenvalue weighted by atomic mass is 9.94. The molecule has 1 fully saturated rings. The van der Waals surface area contributed by atoms with E-state index in [1.165, 1.54) is 0 Å². The third kappa shape index (κ3) is 3.80. The second-order valence-corrected chi connectivity index (χ2v) is 7.18. The van der Waals surface area contributed by atoms with Crippen LogP contribution < -0.4 is 15.6 Å². The maximum absolute atomic E-state index is 13.3. The molecule has 1 unspecified atom stereocenters. The van der Waals surface area contributed by atoms with Crippen molar-refractivity contribution in [3.05, 3.63) is 63.1 Å². The van der Waals surface area contributed by atoms with Crippen LogP contribution in [0.3, 0.4) is 0 Å². The number of hydrogen-bond donors (Lipinski definition) is 2. The molecule has 0 bridgehead atoms. The van der Waals surface area contributed by atoms with Gasteiger partial charge in [0.2, 0.25) is 0 Å². The molecule has 1 amide bonds. The van der Waals surface area contributed by atoms with Crippen molar-refractivity contribution in [3.63, 3.8) is 0 Å². The summed E-state index contributed by atoms with van der Waals surface area (Å²) in [5.41, 5.74) is 3.02. The summed E-state index contributed by atoms with van der Waals surface area (Å²) in [5, 5.41) is 3.35. The van der Waals surface area contributed by atoms with E-state index in [0.717, 1.165) is 48.3 Å². The Bertz CT molecular complexity index is 912. The topological polar surface area (TPSA) is 74.4 Å². The van der Waals surface area contributed by atoms with Crippen molar-refractivity contribution >= 4 is 18.3 Å². The third-order valence-electron chi connectivity index (χ3n) is 5.57. The van der Waals surface area contributed by atoms with Crippen molar-refractivity contribution in [1.29, 1.82) is 0 Å². The molecule has 1 aliphatic carbocycles. The molecule has 1 aromatic heterocycles. The quantitative estimate of drug-likeness (QED) is 0.825. The van der Waals surface area contributed by atoms with Gasteiger partial charge in [-0.2, -0.15) is 0 Å². The number of hydrogen-bond acceptors (Lipinski definition) is 4. The van der Waals surface area contributed by atoms with Crippen LogP contribution >= 0.6 is 12.4 Å². The number of benzene rings is 1. The molecule has 150 valence electrons. The van der Waals surface area contributed by atoms with Crippen molar-refractivity contribution in [1.82, 2.24) is 15.2 Å². The van der Waals surface area contributed by atoms with Crippen LogP contribution in [0.2, 0.25) is 0 Å². The minimum atomic E-state index is -0.280. The Labute approximate surface area is 170 Å². The van der Waals surface area contributed by atoms with Gasteiger partial charge in [0.1, 0.15) is 11.3 Å². The van der Waals surface area contributed by atoms with Crippen molar-refractivity contribution in [2.75, 3.05) is 26.7 Å². The first-order valence-electron chi connectivity index (χ1n) is 9.58. The molecular weight excluding hydrogens is 378 g/mol. The lowest BCUT2D eigenvalue weighted by molar-refractivity contribution is 0.0629. The maximum atomic E-state index is 13.3. The number of carbonyl (C=O) groups is 1. The second kappa shape index (κ2) is 8.80. The number of fused-ring (bicyclic) bond motifs is 1. The number of aromatic amines is 1. The SMILES string of the molecule is COc1ccccc1C1CNCCN1C(=O)c1cc2c([nH]c1=O)CCCC2.Cl. The fourth-order valence-corrected chi connectivity index (χ4v) is 4.16. The van der Waals surface area contributed by atoms with Gasteiger partial charge in [-0.3, -0.25) is 9.59 Å². The van der Waals surface area contributed by atoms with E-state index in [1.54, 1.807) is 12.0 Å². The number of ether oxygens (including phenoxy) is 1. The van der Waals surface area contributed by atoms with E-state index in [-0.39, 0.29) is 35.5 Å². The highest BCUT2D eigenvalue weighted by Gasteiger charge is 2.32. The Kier molecular flexibility index (Phi) is 6.42. The van der Waals surface area contributed by atoms with Crippen LogP contribution in [0.1, 0.15) is 46.1 Å². The standard InChI is InChI=1S/C21H25N3O3.ClH/c1-27-19-9-5-3-7-15(19)18-13-22-10-11-24(18)21(26)16-12-14-6-2-4-8-17(14)23-20(16)25;/h3,5,7,9,12,18,22H,2,4,6,8,10-11,13H2,1H3,(H,23,25);1H. The van der Waals surface area contributed by atoms with Crippen molar-refractivity contribution in [3.8, 4) is 5.75 Å². The molecule has 2 aromatic rings. The lowest BCUT2D eigenvalue weighted by Crippen LogP contribution is -2.49. The van der Waals surface area contributed by atoms with Gasteiger partial charge in [0.25, 0.3) is 11.5 Å². The van der Waals surface area contributed by atoms with Crippen LogP contribution in [0.15, 0.2) is 35.1 Å². The van der Waals surface area contributed by atoms with Gasteiger partial charge in [-0.1, -0.05) is 18.2 Å². The van der Waals surface area contributed by atoms with Crippen LogP contribution in [0.25, 0.3) is 0 Å². The summed E-state index contributed by atoms with van der Waals surface area (Å²) in [4.78, 5) is 30.7. The number of aromatic nitrogens is 1. The lowest BCUT2D eigenvalue weighted by Gasteiger charge is -2.37. The number of methoxy groups -OCH3 is 1. The molecule has 1 atom stereocenters. The average molecular weight is 404 g/mol. The number of rotatable bonds is 3. The zero-order chi connectivity index (χ0) is 18.8. The number of halogens is 1. The molecule has 0 spiro atoms. The van der Waals surface area contributed by atoms with Gasteiger partial charge in [-0.15, -0.1) is 12.4 Å². The molecule has 1 aromatic carbocycles. The largest absolute Gasteiger partial charge is 0.496 e. The van der Waals surface area contributed by atoms with E-state index in [0.29, 0.717) is 19.6 Å². The number of para-hydroxylation sites is 1. The van der Waals surface area contributed by atoms with Gasteiger partial charge in [-0.25, -0.2) is 0 Å². The molecule has 28 heavy (non-hydrogen) atoms. The molecule has 2 N–H and O–H groups in total. The van der Waals surface area contributed by atoms with Crippen LogP contribution in [0.4, 0.5) is 0 Å². The summed E-state index contributed by atoms with van der Waals surface area (Å²) in [7, 11) is 1.63. The number of pyridine rings is 1. The summed E-state index contributed by atoms with van der Waals surface area (Å²) in [6, 6.07) is 9.39. The smallest absolute Gasteiger partial charge is 0.261 e. The number of piperazine rings is 1. The van der Waals surface area contributed by atoms with Gasteiger partial charge in [-0.05, 0) is 43.4 Å². The summed E-state index contributed by atoms with van der Waals surface area (Å²) >= 11 is 0. The van der Waals surface area contributed by atoms with E-state index >= 15 is 0 Å². The van der Waals surface area contributed by atoms with Crippen LogP contribution in [0.5, 0.6) is 5.75 Å². The predicted molar refractivity (Wildman–Crippen MR) is 111 cm³/mol. The van der Waals surface area contributed by atoms with Crippen molar-refractivity contribution in [2.24, 2.45) is 0 Å². The fourth-order valence-electron chi connectivity index (χ4n) is 4.16. The number of aryl methyl sites for hydroxylation is 2. The normalized spacial score (nSPS) is 18.8. The Morgan fingerprint density at radius 2 is 2.00 bits per heavy atom. The van der Waals surface area contributed by atoms with E-state index in [9.17, 15) is 9.59 Å². The highest BCUT2D eigenvalue weighted by atomic mass is 35.5. The molecule has 4 rings (SSSR count). The van der Waals surface area contributed by atoms with E-state index < -0.39 is 0 Å². The Hall–Kier alpha value is -2.31. The van der Waals surface area contributed by atoms with E-state index in [4.69, 9.17) is 4.74 Å². The molecule has 7 heteroatoms. The summed E-state index contributed by atoms with van der Waals surface area (Å²) in [5.74, 6) is 0.547. The molecule has 0 radical (unpaired) electrons. The Balaban J connectivity index is 0.00000225. The molecule has 0 saturated carbocycles. The monoisotopic (exact) mass is 403 g/mol. The third-order valence-corrected chi connectivity index (χ3v) is 5.57. The highest BCUT2D eigenvalue weighted by molar-refractivity contribution is 5.94. The molecule has 1 aliphatic heterocycles. The molecule has 1 saturated heterocycles. The second-order valence-electron chi connectivity index (χ2n) is 7.18. The van der Waals surface area contributed by atoms with Gasteiger partial charge >= 0.3 is 0 Å². The Morgan fingerprint density at radius 3 is 2.82 bits per heavy atom. The van der Waals surface area contributed by atoms with Crippen molar-refractivity contribution < 1.29 is 9.53 Å². The number of carbonyl (C=O) groups excluding carboxylic acids is 1. The maximum Gasteiger partial charge on any atom is 0.261 e. The minimum Gasteiger partial charge on any atom is -0.496 e. The number of H-pyrrole nitrogens is 1. The highest BCUT2D eigenvalue weighted by Crippen LogP contribution is 2.31. The molecule has 2 aliphatic rings. The number of amides is 1. The zero-order valence-corrected chi connectivity index (χ0v) is 16.8. The molecular formula is C21H26ClN3O3. The first kappa shape index (κ1) is 20.4. The summed E-state index contributed by atoms with van der Waals surface area (Å²) in [6.07, 6.45) is 3.99. The molecule has 2 heterocycles. The summed E-state index contributed by atoms with van der Waals surface area (Å²) < 4.78 is 5.50. The van der Waals surface area contributed by atoms with Crippen LogP contribution in [-0.4, -0.2) is 42.5 Å². The number of nitrogens with one attached hydrogen (secondary N) is 2. The van der Waals surface area contributed by atoms with Gasteiger partial charge < -0.3 is 19.9 Å². The van der Waals surface area contributed by atoms with Crippen LogP contribution in [0, 0.1) is 0 Å². The zero-order valence-electron chi connectivity index (χ0n) is 16.0.